The number of furan rings is 2. The molecule has 0 atom stereocenters. The first-order valence-corrected chi connectivity index (χ1v) is 13.8. The maximum Gasteiger partial charge on any atom is 0.161 e. The van der Waals surface area contributed by atoms with Crippen LogP contribution < -0.4 is 0 Å². The van der Waals surface area contributed by atoms with E-state index in [4.69, 9.17) is 8.83 Å². The van der Waals surface area contributed by atoms with Gasteiger partial charge in [0.25, 0.3) is 0 Å². The molecule has 0 radical (unpaired) electrons. The maximum absolute atomic E-state index is 14.5. The van der Waals surface area contributed by atoms with E-state index in [0.29, 0.717) is 22.3 Å². The molecule has 9 rings (SSSR count). The highest BCUT2D eigenvalue weighted by atomic mass is 19.1. The molecular formula is C36H22F2N2O2. The minimum atomic E-state index is -0.309. The van der Waals surface area contributed by atoms with Gasteiger partial charge in [-0.3, -0.25) is 0 Å². The normalized spacial score (nSPS) is 12.3. The number of fused-ring (bicyclic) bond motifs is 10. The number of nitrogens with zero attached hydrogens (tertiary/aromatic N) is 2. The number of benzene rings is 5. The molecule has 0 N–H and O–H groups in total. The average Bonchev–Trinajstić information content (AvgIpc) is 3.69. The topological polar surface area (TPSA) is 36.1 Å². The quantitative estimate of drug-likeness (QED) is 0.214. The van der Waals surface area contributed by atoms with E-state index in [1.807, 2.05) is 74.5 Å². The Labute approximate surface area is 237 Å². The van der Waals surface area contributed by atoms with E-state index in [0.717, 1.165) is 66.1 Å². The summed E-state index contributed by atoms with van der Waals surface area (Å²) in [4.78, 5) is 0. The van der Waals surface area contributed by atoms with Crippen molar-refractivity contribution in [2.45, 2.75) is 13.8 Å². The van der Waals surface area contributed by atoms with Gasteiger partial charge in [0, 0.05) is 32.9 Å². The number of aryl methyl sites for hydroxylation is 2. The molecule has 0 aliphatic carbocycles. The Balaban J connectivity index is 1.42. The van der Waals surface area contributed by atoms with E-state index in [2.05, 4.69) is 9.13 Å². The summed E-state index contributed by atoms with van der Waals surface area (Å²) in [6, 6.07) is 29.9. The van der Waals surface area contributed by atoms with Gasteiger partial charge in [0.1, 0.15) is 33.8 Å². The molecule has 202 valence electrons. The van der Waals surface area contributed by atoms with E-state index in [-0.39, 0.29) is 11.6 Å². The molecular weight excluding hydrogens is 530 g/mol. The molecule has 0 saturated heterocycles. The van der Waals surface area contributed by atoms with Crippen LogP contribution in [-0.4, -0.2) is 9.13 Å². The standard InChI is InChI=1S/C36H22F2N2O2/c1-19-3-9-23(10-4-19)39-29-15-21(37)7-13-25(29)35-33(39)27-17-32-28(18-31(27)41-35)34-36(42-32)26-14-8-22(38)16-30(26)40(34)24-11-5-20(2)6-12-24/h3-18H,1-2H3. The van der Waals surface area contributed by atoms with Crippen molar-refractivity contribution in [2.24, 2.45) is 0 Å². The molecule has 0 saturated carbocycles. The zero-order valence-electron chi connectivity index (χ0n) is 22.7. The Kier molecular flexibility index (Phi) is 4.51. The third-order valence-corrected chi connectivity index (χ3v) is 8.37. The van der Waals surface area contributed by atoms with E-state index >= 15 is 0 Å². The van der Waals surface area contributed by atoms with Crippen LogP contribution in [-0.2, 0) is 0 Å². The second-order valence-corrected chi connectivity index (χ2v) is 11.1. The highest BCUT2D eigenvalue weighted by Crippen LogP contribution is 2.44. The van der Waals surface area contributed by atoms with Crippen LogP contribution in [0.25, 0.3) is 77.3 Å². The molecule has 4 nitrogen and oxygen atoms in total. The fourth-order valence-electron chi connectivity index (χ4n) is 6.40. The lowest BCUT2D eigenvalue weighted by atomic mass is 10.1. The van der Waals surface area contributed by atoms with Gasteiger partial charge in [-0.2, -0.15) is 0 Å². The van der Waals surface area contributed by atoms with Gasteiger partial charge in [0.05, 0.1) is 11.0 Å². The van der Waals surface area contributed by atoms with Crippen molar-refractivity contribution >= 4 is 65.9 Å². The number of halogens is 2. The molecule has 5 aromatic carbocycles. The Hall–Kier alpha value is -5.36. The lowest BCUT2D eigenvalue weighted by Gasteiger charge is -2.09. The summed E-state index contributed by atoms with van der Waals surface area (Å²) in [6.45, 7) is 4.08. The third kappa shape index (κ3) is 3.09. The Morgan fingerprint density at radius 2 is 0.881 bits per heavy atom. The van der Waals surface area contributed by atoms with Gasteiger partial charge in [-0.05, 0) is 86.6 Å². The number of rotatable bonds is 2. The smallest absolute Gasteiger partial charge is 0.161 e. The molecule has 0 amide bonds. The van der Waals surface area contributed by atoms with Crippen LogP contribution >= 0.6 is 0 Å². The number of hydrogen-bond acceptors (Lipinski definition) is 2. The second kappa shape index (κ2) is 8.10. The fourth-order valence-corrected chi connectivity index (χ4v) is 6.40. The van der Waals surface area contributed by atoms with Crippen molar-refractivity contribution in [3.63, 3.8) is 0 Å². The van der Waals surface area contributed by atoms with Crippen molar-refractivity contribution in [3.05, 3.63) is 120 Å². The first-order chi connectivity index (χ1) is 20.4. The van der Waals surface area contributed by atoms with Crippen LogP contribution in [0.5, 0.6) is 0 Å². The third-order valence-electron chi connectivity index (χ3n) is 8.37. The molecule has 6 heteroatoms. The zero-order valence-corrected chi connectivity index (χ0v) is 22.7. The van der Waals surface area contributed by atoms with Crippen LogP contribution in [0.3, 0.4) is 0 Å². The summed E-state index contributed by atoms with van der Waals surface area (Å²) < 4.78 is 46.2. The summed E-state index contributed by atoms with van der Waals surface area (Å²) in [5, 5.41) is 3.38. The molecule has 0 fully saturated rings. The fraction of sp³-hybridized carbons (Fsp3) is 0.0556. The molecule has 4 heterocycles. The van der Waals surface area contributed by atoms with E-state index in [9.17, 15) is 8.78 Å². The van der Waals surface area contributed by atoms with Gasteiger partial charge in [-0.25, -0.2) is 8.78 Å². The van der Waals surface area contributed by atoms with Gasteiger partial charge >= 0.3 is 0 Å². The van der Waals surface area contributed by atoms with E-state index < -0.39 is 0 Å². The van der Waals surface area contributed by atoms with Crippen LogP contribution in [0.2, 0.25) is 0 Å². The van der Waals surface area contributed by atoms with Gasteiger partial charge in [-0.1, -0.05) is 35.4 Å². The summed E-state index contributed by atoms with van der Waals surface area (Å²) in [6.07, 6.45) is 0. The summed E-state index contributed by atoms with van der Waals surface area (Å²) in [5.74, 6) is -0.618. The molecule has 9 aromatic rings. The lowest BCUT2D eigenvalue weighted by molar-refractivity contribution is 0.628. The van der Waals surface area contributed by atoms with Crippen LogP contribution in [0, 0.1) is 25.5 Å². The molecule has 0 bridgehead atoms. The van der Waals surface area contributed by atoms with E-state index in [1.165, 1.54) is 12.1 Å². The molecule has 0 unspecified atom stereocenters. The first kappa shape index (κ1) is 23.4. The number of hydrogen-bond donors (Lipinski definition) is 0. The van der Waals surface area contributed by atoms with Gasteiger partial charge < -0.3 is 18.0 Å². The predicted octanol–water partition coefficient (Wildman–Crippen LogP) is 10.3. The Bertz CT molecular complexity index is 2360. The maximum atomic E-state index is 14.5. The highest BCUT2D eigenvalue weighted by Gasteiger charge is 2.24. The van der Waals surface area contributed by atoms with Crippen molar-refractivity contribution in [1.29, 1.82) is 0 Å². The van der Waals surface area contributed by atoms with Crippen molar-refractivity contribution in [3.8, 4) is 11.4 Å². The minimum Gasteiger partial charge on any atom is -0.454 e. The molecule has 0 aliphatic rings. The summed E-state index contributed by atoms with van der Waals surface area (Å²) >= 11 is 0. The monoisotopic (exact) mass is 552 g/mol. The lowest BCUT2D eigenvalue weighted by Crippen LogP contribution is -1.94. The Morgan fingerprint density at radius 3 is 1.29 bits per heavy atom. The summed E-state index contributed by atoms with van der Waals surface area (Å²) in [5.41, 5.74) is 10.0. The van der Waals surface area contributed by atoms with Crippen molar-refractivity contribution < 1.29 is 17.6 Å². The number of aromatic nitrogens is 2. The van der Waals surface area contributed by atoms with Crippen LogP contribution in [0.1, 0.15) is 11.1 Å². The SMILES string of the molecule is Cc1ccc(-n2c3cc(F)ccc3c3oc4cc5c(cc4c32)oc2c3ccc(F)cc3n(-c3ccc(C)cc3)c52)cc1. The largest absolute Gasteiger partial charge is 0.454 e. The molecule has 42 heavy (non-hydrogen) atoms. The van der Waals surface area contributed by atoms with Gasteiger partial charge in [0.15, 0.2) is 11.2 Å². The van der Waals surface area contributed by atoms with Gasteiger partial charge in [0.2, 0.25) is 0 Å². The van der Waals surface area contributed by atoms with Crippen molar-refractivity contribution in [1.82, 2.24) is 9.13 Å². The zero-order chi connectivity index (χ0) is 28.3. The molecule has 0 spiro atoms. The molecule has 0 aliphatic heterocycles. The minimum absolute atomic E-state index is 0.309. The average molecular weight is 553 g/mol. The van der Waals surface area contributed by atoms with Crippen LogP contribution in [0.4, 0.5) is 8.78 Å². The highest BCUT2D eigenvalue weighted by molar-refractivity contribution is 6.22. The van der Waals surface area contributed by atoms with Crippen molar-refractivity contribution in [2.75, 3.05) is 0 Å². The second-order valence-electron chi connectivity index (χ2n) is 11.1. The predicted molar refractivity (Wildman–Crippen MR) is 164 cm³/mol. The Morgan fingerprint density at radius 1 is 0.476 bits per heavy atom. The first-order valence-electron chi connectivity index (χ1n) is 13.8. The van der Waals surface area contributed by atoms with Gasteiger partial charge in [-0.15, -0.1) is 0 Å². The molecule has 4 aromatic heterocycles. The van der Waals surface area contributed by atoms with E-state index in [1.54, 1.807) is 24.3 Å². The summed E-state index contributed by atoms with van der Waals surface area (Å²) in [7, 11) is 0. The van der Waals surface area contributed by atoms with Crippen LogP contribution in [0.15, 0.2) is 106 Å².